The van der Waals surface area contributed by atoms with Crippen LogP contribution in [0.25, 0.3) is 0 Å². The van der Waals surface area contributed by atoms with Gasteiger partial charge in [-0.3, -0.25) is 9.59 Å². The number of aliphatic carboxylic acids is 2. The Balaban J connectivity index is 3.63. The van der Waals surface area contributed by atoms with E-state index in [1.54, 1.807) is 0 Å². The first-order chi connectivity index (χ1) is 7.93. The standard InChI is InChI=1S/C8H16N4O4S/c9-5(7(15)16)2-4-17-12-8(10)11-3-1-6(13)14/h5H,1-4,9H2,(H,13,14)(H,15,16)(H3,10,11,12)/t5-/m1/s1. The van der Waals surface area contributed by atoms with Crippen molar-refractivity contribution in [1.29, 1.82) is 0 Å². The van der Waals surface area contributed by atoms with E-state index in [1.807, 2.05) is 0 Å². The van der Waals surface area contributed by atoms with Crippen LogP contribution in [-0.4, -0.2) is 46.5 Å². The third-order valence-corrected chi connectivity index (χ3v) is 2.39. The fourth-order valence-corrected chi connectivity index (χ4v) is 1.40. The van der Waals surface area contributed by atoms with Crippen molar-refractivity contribution in [3.63, 3.8) is 0 Å². The highest BCUT2D eigenvalue weighted by atomic mass is 32.2. The second-order valence-electron chi connectivity index (χ2n) is 3.11. The number of rotatable bonds is 8. The Kier molecular flexibility index (Phi) is 7.89. The molecule has 0 amide bonds. The number of nitrogens with one attached hydrogen (secondary N) is 1. The fourth-order valence-electron chi connectivity index (χ4n) is 0.748. The number of carbonyl (C=O) groups is 2. The van der Waals surface area contributed by atoms with Gasteiger partial charge in [-0.15, -0.1) is 0 Å². The van der Waals surface area contributed by atoms with Crippen LogP contribution in [0, 0.1) is 0 Å². The Labute approximate surface area is 103 Å². The lowest BCUT2D eigenvalue weighted by molar-refractivity contribution is -0.139. The van der Waals surface area contributed by atoms with Gasteiger partial charge in [-0.1, -0.05) is 0 Å². The Morgan fingerprint density at radius 2 is 2.06 bits per heavy atom. The summed E-state index contributed by atoms with van der Waals surface area (Å²) in [5.41, 5.74) is 10.7. The van der Waals surface area contributed by atoms with E-state index < -0.39 is 18.0 Å². The Morgan fingerprint density at radius 3 is 2.59 bits per heavy atom. The van der Waals surface area contributed by atoms with E-state index in [0.29, 0.717) is 5.75 Å². The molecule has 0 aromatic rings. The van der Waals surface area contributed by atoms with E-state index in [-0.39, 0.29) is 25.3 Å². The molecule has 0 aliphatic carbocycles. The zero-order chi connectivity index (χ0) is 13.3. The molecule has 0 unspecified atom stereocenters. The molecule has 0 aliphatic heterocycles. The predicted molar refractivity (Wildman–Crippen MR) is 64.6 cm³/mol. The molecule has 1 atom stereocenters. The van der Waals surface area contributed by atoms with Crippen LogP contribution in [0.3, 0.4) is 0 Å². The van der Waals surface area contributed by atoms with Gasteiger partial charge in [0.25, 0.3) is 0 Å². The minimum Gasteiger partial charge on any atom is -0.481 e. The van der Waals surface area contributed by atoms with E-state index in [1.165, 1.54) is 0 Å². The second-order valence-corrected chi connectivity index (χ2v) is 3.96. The van der Waals surface area contributed by atoms with Crippen molar-refractivity contribution in [3.05, 3.63) is 0 Å². The summed E-state index contributed by atoms with van der Waals surface area (Å²) in [6.45, 7) is 0.194. The van der Waals surface area contributed by atoms with Gasteiger partial charge in [-0.05, 0) is 18.4 Å². The summed E-state index contributed by atoms with van der Waals surface area (Å²) < 4.78 is 3.81. The van der Waals surface area contributed by atoms with Gasteiger partial charge in [0, 0.05) is 12.3 Å². The van der Waals surface area contributed by atoms with Gasteiger partial charge in [0.15, 0.2) is 5.96 Å². The third-order valence-electron chi connectivity index (χ3n) is 1.65. The summed E-state index contributed by atoms with van der Waals surface area (Å²) in [7, 11) is 0. The van der Waals surface area contributed by atoms with Crippen LogP contribution >= 0.6 is 11.9 Å². The minimum absolute atomic E-state index is 0.0508. The van der Waals surface area contributed by atoms with E-state index in [9.17, 15) is 9.59 Å². The number of carboxylic acids is 2. The zero-order valence-corrected chi connectivity index (χ0v) is 9.94. The molecule has 0 spiro atoms. The van der Waals surface area contributed by atoms with Gasteiger partial charge < -0.3 is 27.0 Å². The number of hydrogen-bond acceptors (Lipinski definition) is 5. The first kappa shape index (κ1) is 15.5. The number of carboxylic acid groups (broad SMARTS) is 2. The Morgan fingerprint density at radius 1 is 1.41 bits per heavy atom. The van der Waals surface area contributed by atoms with Crippen molar-refractivity contribution in [2.24, 2.45) is 15.9 Å². The van der Waals surface area contributed by atoms with Crippen molar-refractivity contribution in [1.82, 2.24) is 5.32 Å². The minimum atomic E-state index is -1.05. The lowest BCUT2D eigenvalue weighted by Gasteiger charge is -2.04. The Hall–Kier alpha value is -1.48. The Bertz CT molecular complexity index is 297. The average molecular weight is 264 g/mol. The summed E-state index contributed by atoms with van der Waals surface area (Å²) in [5.74, 6) is -1.44. The smallest absolute Gasteiger partial charge is 0.320 e. The highest BCUT2D eigenvalue weighted by molar-refractivity contribution is 7.98. The maximum atomic E-state index is 10.4. The quantitative estimate of drug-likeness (QED) is 0.159. The van der Waals surface area contributed by atoms with E-state index in [2.05, 4.69) is 9.71 Å². The van der Waals surface area contributed by atoms with Gasteiger partial charge in [0.1, 0.15) is 6.04 Å². The second kappa shape index (κ2) is 8.65. The number of nitrogens with zero attached hydrogens (tertiary/aromatic N) is 1. The number of hydrogen-bond donors (Lipinski definition) is 5. The molecule has 0 radical (unpaired) electrons. The highest BCUT2D eigenvalue weighted by Crippen LogP contribution is 2.05. The molecule has 0 aromatic heterocycles. The summed E-state index contributed by atoms with van der Waals surface area (Å²) in [6.07, 6.45) is 0.233. The summed E-state index contributed by atoms with van der Waals surface area (Å²) in [6, 6.07) is -0.904. The molecule has 8 nitrogen and oxygen atoms in total. The molecule has 98 valence electrons. The molecule has 0 saturated carbocycles. The molecule has 0 heterocycles. The third kappa shape index (κ3) is 9.45. The van der Waals surface area contributed by atoms with Gasteiger partial charge in [-0.2, -0.15) is 4.40 Å². The number of nitrogens with two attached hydrogens (primary N) is 2. The van der Waals surface area contributed by atoms with Crippen LogP contribution in [0.2, 0.25) is 0 Å². The van der Waals surface area contributed by atoms with Gasteiger partial charge in [0.05, 0.1) is 6.42 Å². The van der Waals surface area contributed by atoms with Crippen LogP contribution in [-0.2, 0) is 9.59 Å². The topological polar surface area (TPSA) is 151 Å². The fraction of sp³-hybridized carbons (Fsp3) is 0.625. The molecule has 0 rings (SSSR count). The van der Waals surface area contributed by atoms with Crippen LogP contribution in [0.1, 0.15) is 12.8 Å². The lowest BCUT2D eigenvalue weighted by atomic mass is 10.2. The first-order valence-corrected chi connectivity index (χ1v) is 5.77. The van der Waals surface area contributed by atoms with E-state index >= 15 is 0 Å². The van der Waals surface area contributed by atoms with Crippen LogP contribution < -0.4 is 16.8 Å². The van der Waals surface area contributed by atoms with E-state index in [0.717, 1.165) is 11.9 Å². The molecule has 0 aliphatic rings. The SMILES string of the molecule is NC(=NSCC[C@@H](N)C(=O)O)NCCC(=O)O. The largest absolute Gasteiger partial charge is 0.481 e. The van der Waals surface area contributed by atoms with Crippen molar-refractivity contribution in [2.45, 2.75) is 18.9 Å². The van der Waals surface area contributed by atoms with Crippen LogP contribution in [0.4, 0.5) is 0 Å². The zero-order valence-electron chi connectivity index (χ0n) is 9.13. The molecule has 9 heteroatoms. The lowest BCUT2D eigenvalue weighted by Crippen LogP contribution is -2.33. The van der Waals surface area contributed by atoms with Crippen molar-refractivity contribution >= 4 is 29.8 Å². The van der Waals surface area contributed by atoms with Crippen LogP contribution in [0.5, 0.6) is 0 Å². The summed E-state index contributed by atoms with van der Waals surface area (Å²) in [5, 5.41) is 19.5. The molecule has 0 fully saturated rings. The maximum absolute atomic E-state index is 10.4. The molecule has 0 aromatic carbocycles. The van der Waals surface area contributed by atoms with Crippen LogP contribution in [0.15, 0.2) is 4.40 Å². The molecular weight excluding hydrogens is 248 g/mol. The average Bonchev–Trinajstić information content (AvgIpc) is 2.23. The van der Waals surface area contributed by atoms with Gasteiger partial charge >= 0.3 is 11.9 Å². The summed E-state index contributed by atoms with van der Waals surface area (Å²) >= 11 is 1.08. The molecular formula is C8H16N4O4S. The molecule has 0 saturated heterocycles. The highest BCUT2D eigenvalue weighted by Gasteiger charge is 2.10. The normalized spacial score (nSPS) is 13.1. The maximum Gasteiger partial charge on any atom is 0.320 e. The monoisotopic (exact) mass is 264 g/mol. The molecule has 0 bridgehead atoms. The number of guanidine groups is 1. The molecule has 17 heavy (non-hydrogen) atoms. The van der Waals surface area contributed by atoms with E-state index in [4.69, 9.17) is 21.7 Å². The van der Waals surface area contributed by atoms with Gasteiger partial charge in [-0.25, -0.2) is 0 Å². The van der Waals surface area contributed by atoms with Crippen molar-refractivity contribution in [2.75, 3.05) is 12.3 Å². The molecule has 7 N–H and O–H groups in total. The first-order valence-electron chi connectivity index (χ1n) is 4.83. The summed E-state index contributed by atoms with van der Waals surface area (Å²) in [4.78, 5) is 20.6. The van der Waals surface area contributed by atoms with Crippen molar-refractivity contribution < 1.29 is 19.8 Å². The van der Waals surface area contributed by atoms with Crippen molar-refractivity contribution in [3.8, 4) is 0 Å². The predicted octanol–water partition coefficient (Wildman–Crippen LogP) is -1.18. The van der Waals surface area contributed by atoms with Gasteiger partial charge in [0.2, 0.25) is 0 Å².